The predicted molar refractivity (Wildman–Crippen MR) is 64.1 cm³/mol. The highest BCUT2D eigenvalue weighted by atomic mass is 16.5. The molecule has 3 fully saturated rings. The number of carbonyl (C=O) groups is 3. The molecule has 3 rings (SSSR count). The summed E-state index contributed by atoms with van der Waals surface area (Å²) in [5.74, 6) is -0.435. The number of carbonyl (C=O) groups excluding carboxylic acids is 3. The molecule has 1 spiro atoms. The van der Waals surface area contributed by atoms with Gasteiger partial charge in [-0.15, -0.1) is 0 Å². The van der Waals surface area contributed by atoms with E-state index in [9.17, 15) is 14.4 Å². The maximum atomic E-state index is 12.4. The molecule has 2 N–H and O–H groups in total. The van der Waals surface area contributed by atoms with Gasteiger partial charge in [0.1, 0.15) is 5.54 Å². The largest absolute Gasteiger partial charge is 0.378 e. The molecular weight excluding hydrogens is 250 g/mol. The van der Waals surface area contributed by atoms with Gasteiger partial charge in [-0.3, -0.25) is 14.9 Å². The summed E-state index contributed by atoms with van der Waals surface area (Å²) in [6, 6.07) is -0.475. The maximum Gasteiger partial charge on any atom is 0.322 e. The van der Waals surface area contributed by atoms with Gasteiger partial charge in [0.25, 0.3) is 5.91 Å². The van der Waals surface area contributed by atoms with Gasteiger partial charge >= 0.3 is 6.03 Å². The van der Waals surface area contributed by atoms with E-state index in [4.69, 9.17) is 4.74 Å². The Balaban J connectivity index is 1.70. The van der Waals surface area contributed by atoms with Crippen LogP contribution in [0.2, 0.25) is 0 Å². The SMILES string of the molecule is CC1OCCC1C(=O)N1CCC2(C1)NC(=O)NC2=O. The Morgan fingerprint density at radius 1 is 1.47 bits per heavy atom. The van der Waals surface area contributed by atoms with Crippen molar-refractivity contribution in [1.82, 2.24) is 15.5 Å². The summed E-state index contributed by atoms with van der Waals surface area (Å²) in [4.78, 5) is 37.1. The minimum absolute atomic E-state index is 0.0239. The molecule has 3 unspecified atom stereocenters. The zero-order valence-electron chi connectivity index (χ0n) is 10.8. The van der Waals surface area contributed by atoms with E-state index >= 15 is 0 Å². The van der Waals surface area contributed by atoms with Crippen molar-refractivity contribution in [3.63, 3.8) is 0 Å². The summed E-state index contributed by atoms with van der Waals surface area (Å²) in [6.07, 6.45) is 1.12. The first kappa shape index (κ1) is 12.4. The molecule has 3 aliphatic rings. The summed E-state index contributed by atoms with van der Waals surface area (Å²) in [5, 5.41) is 4.88. The third kappa shape index (κ3) is 1.88. The van der Waals surface area contributed by atoms with Crippen molar-refractivity contribution in [2.24, 2.45) is 5.92 Å². The topological polar surface area (TPSA) is 87.7 Å². The lowest BCUT2D eigenvalue weighted by Gasteiger charge is -2.24. The fraction of sp³-hybridized carbons (Fsp3) is 0.750. The zero-order chi connectivity index (χ0) is 13.6. The van der Waals surface area contributed by atoms with Crippen molar-refractivity contribution >= 4 is 17.8 Å². The van der Waals surface area contributed by atoms with Crippen LogP contribution in [0.25, 0.3) is 0 Å². The quantitative estimate of drug-likeness (QED) is 0.610. The number of ether oxygens (including phenoxy) is 1. The maximum absolute atomic E-state index is 12.4. The molecule has 0 bridgehead atoms. The van der Waals surface area contributed by atoms with Gasteiger partial charge in [-0.25, -0.2) is 4.79 Å². The Bertz CT molecular complexity index is 452. The van der Waals surface area contributed by atoms with Crippen LogP contribution < -0.4 is 10.6 Å². The normalized spacial score (nSPS) is 37.8. The molecule has 0 aromatic carbocycles. The Morgan fingerprint density at radius 3 is 2.84 bits per heavy atom. The van der Waals surface area contributed by atoms with Gasteiger partial charge < -0.3 is 15.0 Å². The molecule has 3 aliphatic heterocycles. The molecule has 0 saturated carbocycles. The smallest absolute Gasteiger partial charge is 0.322 e. The predicted octanol–water partition coefficient (Wildman–Crippen LogP) is -0.778. The molecule has 19 heavy (non-hydrogen) atoms. The van der Waals surface area contributed by atoms with Crippen molar-refractivity contribution < 1.29 is 19.1 Å². The minimum atomic E-state index is -0.921. The Morgan fingerprint density at radius 2 is 2.26 bits per heavy atom. The molecule has 3 saturated heterocycles. The number of nitrogens with one attached hydrogen (secondary N) is 2. The average molecular weight is 267 g/mol. The summed E-state index contributed by atoms with van der Waals surface area (Å²) in [5.41, 5.74) is -0.921. The number of rotatable bonds is 1. The second-order valence-corrected chi connectivity index (χ2v) is 5.47. The summed E-state index contributed by atoms with van der Waals surface area (Å²) < 4.78 is 5.40. The van der Waals surface area contributed by atoms with Gasteiger partial charge in [0.15, 0.2) is 0 Å². The van der Waals surface area contributed by atoms with E-state index in [1.807, 2.05) is 6.92 Å². The molecule has 4 amide bonds. The number of nitrogens with zero attached hydrogens (tertiary/aromatic N) is 1. The van der Waals surface area contributed by atoms with E-state index in [0.29, 0.717) is 19.6 Å². The lowest BCUT2D eigenvalue weighted by Crippen LogP contribution is -2.50. The van der Waals surface area contributed by atoms with Gasteiger partial charge in [-0.05, 0) is 19.8 Å². The molecule has 104 valence electrons. The molecule has 0 aromatic heterocycles. The van der Waals surface area contributed by atoms with E-state index in [-0.39, 0.29) is 30.4 Å². The number of likely N-dealkylation sites (tertiary alicyclic amines) is 1. The van der Waals surface area contributed by atoms with Crippen LogP contribution in [0.3, 0.4) is 0 Å². The molecular formula is C12H17N3O4. The second kappa shape index (κ2) is 4.19. The van der Waals surface area contributed by atoms with Crippen molar-refractivity contribution in [2.45, 2.75) is 31.4 Å². The first-order valence-electron chi connectivity index (χ1n) is 6.56. The second-order valence-electron chi connectivity index (χ2n) is 5.47. The van der Waals surface area contributed by atoms with Gasteiger partial charge in [-0.1, -0.05) is 0 Å². The zero-order valence-corrected chi connectivity index (χ0v) is 10.8. The summed E-state index contributed by atoms with van der Waals surface area (Å²) in [7, 11) is 0. The van der Waals surface area contributed by atoms with Crippen LogP contribution >= 0.6 is 0 Å². The van der Waals surface area contributed by atoms with Crippen LogP contribution in [-0.2, 0) is 14.3 Å². The first-order valence-corrected chi connectivity index (χ1v) is 6.56. The van der Waals surface area contributed by atoms with Crippen LogP contribution in [0.5, 0.6) is 0 Å². The highest BCUT2D eigenvalue weighted by molar-refractivity contribution is 6.07. The number of hydrogen-bond acceptors (Lipinski definition) is 4. The van der Waals surface area contributed by atoms with E-state index in [1.54, 1.807) is 4.90 Å². The highest BCUT2D eigenvalue weighted by Gasteiger charge is 2.52. The number of imide groups is 1. The van der Waals surface area contributed by atoms with Crippen LogP contribution in [0.4, 0.5) is 4.79 Å². The summed E-state index contributed by atoms with van der Waals surface area (Å²) >= 11 is 0. The van der Waals surface area contributed by atoms with E-state index in [1.165, 1.54) is 0 Å². The molecule has 0 radical (unpaired) electrons. The fourth-order valence-corrected chi connectivity index (χ4v) is 3.10. The van der Waals surface area contributed by atoms with Crippen LogP contribution in [0.15, 0.2) is 0 Å². The van der Waals surface area contributed by atoms with Gasteiger partial charge in [0, 0.05) is 13.2 Å². The first-order chi connectivity index (χ1) is 9.02. The van der Waals surface area contributed by atoms with Gasteiger partial charge in [-0.2, -0.15) is 0 Å². The number of hydrogen-bond donors (Lipinski definition) is 2. The van der Waals surface area contributed by atoms with Crippen LogP contribution in [0.1, 0.15) is 19.8 Å². The fourth-order valence-electron chi connectivity index (χ4n) is 3.10. The van der Waals surface area contributed by atoms with E-state index in [0.717, 1.165) is 6.42 Å². The highest BCUT2D eigenvalue weighted by Crippen LogP contribution is 2.29. The molecule has 7 heteroatoms. The minimum Gasteiger partial charge on any atom is -0.378 e. The molecule has 0 aromatic rings. The third-order valence-electron chi connectivity index (χ3n) is 4.29. The Hall–Kier alpha value is -1.63. The van der Waals surface area contributed by atoms with Crippen molar-refractivity contribution in [3.8, 4) is 0 Å². The Labute approximate surface area is 110 Å². The average Bonchev–Trinajstić information content (AvgIpc) is 3.01. The van der Waals surface area contributed by atoms with Crippen LogP contribution in [0, 0.1) is 5.92 Å². The lowest BCUT2D eigenvalue weighted by atomic mass is 9.99. The van der Waals surface area contributed by atoms with E-state index < -0.39 is 11.6 Å². The van der Waals surface area contributed by atoms with Crippen molar-refractivity contribution in [3.05, 3.63) is 0 Å². The number of amides is 4. The van der Waals surface area contributed by atoms with Crippen molar-refractivity contribution in [1.29, 1.82) is 0 Å². The van der Waals surface area contributed by atoms with Gasteiger partial charge in [0.05, 0.1) is 18.6 Å². The van der Waals surface area contributed by atoms with Crippen molar-refractivity contribution in [2.75, 3.05) is 19.7 Å². The molecule has 0 aliphatic carbocycles. The summed E-state index contributed by atoms with van der Waals surface area (Å²) in [6.45, 7) is 3.25. The molecule has 7 nitrogen and oxygen atoms in total. The Kier molecular flexibility index (Phi) is 2.74. The molecule has 3 heterocycles. The third-order valence-corrected chi connectivity index (χ3v) is 4.29. The monoisotopic (exact) mass is 267 g/mol. The van der Waals surface area contributed by atoms with E-state index in [2.05, 4.69) is 10.6 Å². The van der Waals surface area contributed by atoms with Gasteiger partial charge in [0.2, 0.25) is 5.91 Å². The lowest BCUT2D eigenvalue weighted by molar-refractivity contribution is -0.136. The van der Waals surface area contributed by atoms with Crippen LogP contribution in [-0.4, -0.2) is 54.1 Å². The molecule has 3 atom stereocenters. The standard InChI is InChI=1S/C12H17N3O4/c1-7-8(2-5-19-7)9(16)15-4-3-12(6-15)10(17)13-11(18)14-12/h7-8H,2-6H2,1H3,(H2,13,14,17,18). The number of urea groups is 1.